The van der Waals surface area contributed by atoms with Crippen LogP contribution in [0.3, 0.4) is 0 Å². The molecular weight excluding hydrogens is 369 g/mol. The van der Waals surface area contributed by atoms with E-state index in [1.165, 1.54) is 17.8 Å². The van der Waals surface area contributed by atoms with E-state index in [0.717, 1.165) is 24.2 Å². The summed E-state index contributed by atoms with van der Waals surface area (Å²) in [5.41, 5.74) is -0.170. The SMILES string of the molecule is O=C(CN1C(=O)NC2(CCCCC2)C1=O)NCCSCc1ccccc1F. The minimum absolute atomic E-state index is 0.232. The van der Waals surface area contributed by atoms with Crippen LogP contribution in [0, 0.1) is 5.82 Å². The number of hydrogen-bond donors (Lipinski definition) is 2. The minimum Gasteiger partial charge on any atom is -0.354 e. The number of carbonyl (C=O) groups excluding carboxylic acids is 3. The van der Waals surface area contributed by atoms with Gasteiger partial charge >= 0.3 is 6.03 Å². The lowest BCUT2D eigenvalue weighted by Crippen LogP contribution is -2.49. The molecule has 2 fully saturated rings. The third-order valence-electron chi connectivity index (χ3n) is 5.04. The minimum atomic E-state index is -0.800. The molecule has 2 N–H and O–H groups in total. The first kappa shape index (κ1) is 19.7. The summed E-state index contributed by atoms with van der Waals surface area (Å²) in [6.45, 7) is 0.136. The molecule has 146 valence electrons. The first-order valence-corrected chi connectivity index (χ1v) is 10.4. The number of thioether (sulfide) groups is 1. The highest BCUT2D eigenvalue weighted by Crippen LogP contribution is 2.33. The van der Waals surface area contributed by atoms with Crippen molar-refractivity contribution in [1.82, 2.24) is 15.5 Å². The molecule has 2 aliphatic rings. The number of nitrogens with one attached hydrogen (secondary N) is 2. The summed E-state index contributed by atoms with van der Waals surface area (Å²) in [6, 6.07) is 6.12. The Labute approximate surface area is 162 Å². The number of urea groups is 1. The molecule has 3 rings (SSSR count). The van der Waals surface area contributed by atoms with Crippen LogP contribution in [0.1, 0.15) is 37.7 Å². The molecule has 0 aromatic heterocycles. The Hall–Kier alpha value is -2.09. The molecule has 1 aliphatic carbocycles. The molecule has 8 heteroatoms. The summed E-state index contributed by atoms with van der Waals surface area (Å²) in [5.74, 6) is 0.265. The number of benzene rings is 1. The summed E-state index contributed by atoms with van der Waals surface area (Å²) < 4.78 is 13.5. The fraction of sp³-hybridized carbons (Fsp3) is 0.526. The molecule has 0 radical (unpaired) electrons. The quantitative estimate of drug-likeness (QED) is 0.551. The van der Waals surface area contributed by atoms with Crippen LogP contribution in [0.4, 0.5) is 9.18 Å². The Morgan fingerprint density at radius 3 is 2.70 bits per heavy atom. The Bertz CT molecular complexity index is 722. The van der Waals surface area contributed by atoms with Crippen LogP contribution in [0.25, 0.3) is 0 Å². The average molecular weight is 393 g/mol. The molecule has 27 heavy (non-hydrogen) atoms. The van der Waals surface area contributed by atoms with E-state index in [2.05, 4.69) is 10.6 Å². The summed E-state index contributed by atoms with van der Waals surface area (Å²) in [7, 11) is 0. The highest BCUT2D eigenvalue weighted by Gasteiger charge is 2.51. The molecule has 1 saturated carbocycles. The standard InChI is InChI=1S/C19H24FN3O3S/c20-15-7-3-2-6-14(15)13-27-11-10-21-16(24)12-23-17(25)19(22-18(23)26)8-4-1-5-9-19/h2-3,6-7H,1,4-5,8-13H2,(H,21,24)(H,22,26). The second-order valence-electron chi connectivity index (χ2n) is 6.96. The maximum absolute atomic E-state index is 13.5. The Kier molecular flexibility index (Phi) is 6.36. The summed E-state index contributed by atoms with van der Waals surface area (Å²) >= 11 is 1.51. The lowest BCUT2D eigenvalue weighted by Gasteiger charge is -2.30. The van der Waals surface area contributed by atoms with Crippen molar-refractivity contribution >= 4 is 29.6 Å². The van der Waals surface area contributed by atoms with Gasteiger partial charge < -0.3 is 10.6 Å². The number of carbonyl (C=O) groups is 3. The molecule has 1 aromatic carbocycles. The molecule has 0 unspecified atom stereocenters. The van der Waals surface area contributed by atoms with Crippen molar-refractivity contribution < 1.29 is 18.8 Å². The molecule has 1 saturated heterocycles. The third kappa shape index (κ3) is 4.61. The molecule has 1 aromatic rings. The van der Waals surface area contributed by atoms with E-state index >= 15 is 0 Å². The normalized spacial score (nSPS) is 18.6. The molecule has 1 aliphatic heterocycles. The van der Waals surface area contributed by atoms with Crippen LogP contribution in [0.15, 0.2) is 24.3 Å². The maximum Gasteiger partial charge on any atom is 0.325 e. The van der Waals surface area contributed by atoms with Gasteiger partial charge in [0.2, 0.25) is 5.91 Å². The Morgan fingerprint density at radius 1 is 1.22 bits per heavy atom. The van der Waals surface area contributed by atoms with E-state index in [4.69, 9.17) is 0 Å². The highest BCUT2D eigenvalue weighted by molar-refractivity contribution is 7.98. The molecular formula is C19H24FN3O3S. The largest absolute Gasteiger partial charge is 0.354 e. The van der Waals surface area contributed by atoms with Crippen LogP contribution >= 0.6 is 11.8 Å². The van der Waals surface area contributed by atoms with E-state index in [1.54, 1.807) is 18.2 Å². The van der Waals surface area contributed by atoms with Crippen LogP contribution in [-0.2, 0) is 15.3 Å². The lowest BCUT2D eigenvalue weighted by atomic mass is 9.82. The zero-order valence-corrected chi connectivity index (χ0v) is 15.9. The Balaban J connectivity index is 1.40. The van der Waals surface area contributed by atoms with Crippen molar-refractivity contribution in [3.8, 4) is 0 Å². The maximum atomic E-state index is 13.5. The molecule has 6 nitrogen and oxygen atoms in total. The molecule has 0 atom stereocenters. The zero-order chi connectivity index (χ0) is 19.3. The van der Waals surface area contributed by atoms with Gasteiger partial charge in [-0.05, 0) is 24.5 Å². The van der Waals surface area contributed by atoms with Gasteiger partial charge in [-0.25, -0.2) is 9.18 Å². The topological polar surface area (TPSA) is 78.5 Å². The predicted molar refractivity (Wildman–Crippen MR) is 102 cm³/mol. The molecule has 1 spiro atoms. The van der Waals surface area contributed by atoms with Gasteiger partial charge in [-0.2, -0.15) is 11.8 Å². The lowest BCUT2D eigenvalue weighted by molar-refractivity contribution is -0.135. The van der Waals surface area contributed by atoms with Crippen molar-refractivity contribution in [3.63, 3.8) is 0 Å². The summed E-state index contributed by atoms with van der Waals surface area (Å²) in [4.78, 5) is 37.9. The van der Waals surface area contributed by atoms with Crippen molar-refractivity contribution in [2.24, 2.45) is 0 Å². The van der Waals surface area contributed by atoms with Crippen molar-refractivity contribution in [2.75, 3.05) is 18.8 Å². The van der Waals surface area contributed by atoms with Gasteiger partial charge in [0, 0.05) is 18.1 Å². The van der Waals surface area contributed by atoms with Gasteiger partial charge in [-0.15, -0.1) is 0 Å². The van der Waals surface area contributed by atoms with Crippen LogP contribution < -0.4 is 10.6 Å². The number of imide groups is 1. The fourth-order valence-electron chi connectivity index (χ4n) is 3.57. The number of halogens is 1. The smallest absolute Gasteiger partial charge is 0.325 e. The van der Waals surface area contributed by atoms with Crippen LogP contribution in [0.5, 0.6) is 0 Å². The van der Waals surface area contributed by atoms with Crippen molar-refractivity contribution in [3.05, 3.63) is 35.6 Å². The van der Waals surface area contributed by atoms with Gasteiger partial charge in [0.05, 0.1) is 0 Å². The van der Waals surface area contributed by atoms with Gasteiger partial charge in [0.1, 0.15) is 17.9 Å². The zero-order valence-electron chi connectivity index (χ0n) is 15.1. The van der Waals surface area contributed by atoms with Crippen LogP contribution in [-0.4, -0.2) is 47.1 Å². The fourth-order valence-corrected chi connectivity index (χ4v) is 4.42. The average Bonchev–Trinajstić information content (AvgIpc) is 2.87. The predicted octanol–water partition coefficient (Wildman–Crippen LogP) is 2.43. The van der Waals surface area contributed by atoms with E-state index in [9.17, 15) is 18.8 Å². The first-order chi connectivity index (χ1) is 13.0. The van der Waals surface area contributed by atoms with Crippen molar-refractivity contribution in [2.45, 2.75) is 43.4 Å². The van der Waals surface area contributed by atoms with Gasteiger partial charge in [0.15, 0.2) is 0 Å². The van der Waals surface area contributed by atoms with E-state index in [-0.39, 0.29) is 24.2 Å². The number of nitrogens with zero attached hydrogens (tertiary/aromatic N) is 1. The van der Waals surface area contributed by atoms with Gasteiger partial charge in [0.25, 0.3) is 5.91 Å². The number of rotatable bonds is 7. The summed E-state index contributed by atoms with van der Waals surface area (Å²) in [5, 5.41) is 5.51. The monoisotopic (exact) mass is 393 g/mol. The van der Waals surface area contributed by atoms with Crippen LogP contribution in [0.2, 0.25) is 0 Å². The second kappa shape index (κ2) is 8.73. The van der Waals surface area contributed by atoms with Gasteiger partial charge in [-0.3, -0.25) is 14.5 Å². The van der Waals surface area contributed by atoms with E-state index < -0.39 is 11.6 Å². The third-order valence-corrected chi connectivity index (χ3v) is 6.05. The van der Waals surface area contributed by atoms with E-state index in [0.29, 0.717) is 36.5 Å². The number of amides is 4. The molecule has 4 amide bonds. The molecule has 0 bridgehead atoms. The first-order valence-electron chi connectivity index (χ1n) is 9.24. The second-order valence-corrected chi connectivity index (χ2v) is 8.06. The van der Waals surface area contributed by atoms with E-state index in [1.807, 2.05) is 0 Å². The number of hydrogen-bond acceptors (Lipinski definition) is 4. The molecule has 1 heterocycles. The van der Waals surface area contributed by atoms with Gasteiger partial charge in [-0.1, -0.05) is 37.5 Å². The Morgan fingerprint density at radius 2 is 1.96 bits per heavy atom. The van der Waals surface area contributed by atoms with Crippen molar-refractivity contribution in [1.29, 1.82) is 0 Å². The summed E-state index contributed by atoms with van der Waals surface area (Å²) in [6.07, 6.45) is 4.16. The highest BCUT2D eigenvalue weighted by atomic mass is 32.2.